The lowest BCUT2D eigenvalue weighted by molar-refractivity contribution is 0.231. The molecule has 4 aromatic carbocycles. The number of rotatable bonds is 9. The summed E-state index contributed by atoms with van der Waals surface area (Å²) in [5.41, 5.74) is 16.3. The number of anilines is 6. The fourth-order valence-corrected chi connectivity index (χ4v) is 9.12. The van der Waals surface area contributed by atoms with Gasteiger partial charge < -0.3 is 26.2 Å². The highest BCUT2D eigenvalue weighted by molar-refractivity contribution is 7.93. The Hall–Kier alpha value is -3.92. The molecule has 3 saturated heterocycles. The zero-order valence-corrected chi connectivity index (χ0v) is 33.1. The van der Waals surface area contributed by atoms with E-state index in [1.165, 1.54) is 25.5 Å². The van der Waals surface area contributed by atoms with E-state index in [1.54, 1.807) is 72.8 Å². The second-order valence-corrected chi connectivity index (χ2v) is 16.4. The molecule has 0 aromatic heterocycles. The van der Waals surface area contributed by atoms with E-state index < -0.39 is 20.0 Å². The van der Waals surface area contributed by atoms with Crippen molar-refractivity contribution in [3.63, 3.8) is 0 Å². The SMILES string of the molecule is CCN1CCN(c2ccc(S(=O)(=O)Nc3ccccc3)cc2N)CC1.Cl.Cl.Nc1cc(S(=O)(=O)Nc2ccccc2)ccc1N1CCN2CCCC2C1. The molecule has 0 amide bonds. The van der Waals surface area contributed by atoms with Crippen LogP contribution in [-0.4, -0.2) is 91.6 Å². The summed E-state index contributed by atoms with van der Waals surface area (Å²) >= 11 is 0. The molecule has 16 heteroatoms. The Balaban J connectivity index is 0.000000228. The molecule has 0 spiro atoms. The van der Waals surface area contributed by atoms with Crippen LogP contribution in [0.25, 0.3) is 0 Å². The Bertz CT molecular complexity index is 2000. The van der Waals surface area contributed by atoms with Crippen LogP contribution in [0.15, 0.2) is 107 Å². The molecule has 53 heavy (non-hydrogen) atoms. The third-order valence-corrected chi connectivity index (χ3v) is 12.5. The third kappa shape index (κ3) is 10.4. The average Bonchev–Trinajstić information content (AvgIpc) is 3.61. The van der Waals surface area contributed by atoms with E-state index in [4.69, 9.17) is 11.5 Å². The highest BCUT2D eigenvalue weighted by atomic mass is 35.5. The molecule has 1 unspecified atom stereocenters. The lowest BCUT2D eigenvalue weighted by atomic mass is 10.1. The lowest BCUT2D eigenvalue weighted by Gasteiger charge is -2.39. The Morgan fingerprint density at radius 1 is 0.623 bits per heavy atom. The van der Waals surface area contributed by atoms with Crippen molar-refractivity contribution in [2.75, 3.05) is 89.6 Å². The van der Waals surface area contributed by atoms with Crippen LogP contribution in [0.1, 0.15) is 19.8 Å². The summed E-state index contributed by atoms with van der Waals surface area (Å²) in [5, 5.41) is 0. The molecule has 3 aliphatic heterocycles. The van der Waals surface area contributed by atoms with E-state index in [2.05, 4.69) is 36.0 Å². The minimum Gasteiger partial charge on any atom is -0.397 e. The highest BCUT2D eigenvalue weighted by Gasteiger charge is 2.31. The number of nitrogens with one attached hydrogen (secondary N) is 2. The van der Waals surface area contributed by atoms with E-state index in [0.717, 1.165) is 63.7 Å². The number of fused-ring (bicyclic) bond motifs is 1. The summed E-state index contributed by atoms with van der Waals surface area (Å²) in [5.74, 6) is 0. The number of sulfonamides is 2. The largest absolute Gasteiger partial charge is 0.397 e. The van der Waals surface area contributed by atoms with E-state index in [9.17, 15) is 16.8 Å². The van der Waals surface area contributed by atoms with Gasteiger partial charge in [0.25, 0.3) is 20.0 Å². The number of benzene rings is 4. The van der Waals surface area contributed by atoms with Crippen molar-refractivity contribution in [1.82, 2.24) is 9.80 Å². The summed E-state index contributed by atoms with van der Waals surface area (Å²) in [6, 6.07) is 28.2. The van der Waals surface area contributed by atoms with Crippen LogP contribution in [0.4, 0.5) is 34.1 Å². The predicted molar refractivity (Wildman–Crippen MR) is 222 cm³/mol. The number of hydrogen-bond acceptors (Lipinski definition) is 10. The van der Waals surface area contributed by atoms with Crippen LogP contribution in [-0.2, 0) is 20.0 Å². The van der Waals surface area contributed by atoms with Crippen LogP contribution >= 0.6 is 24.8 Å². The van der Waals surface area contributed by atoms with Crippen molar-refractivity contribution in [2.24, 2.45) is 0 Å². The molecule has 0 aliphatic carbocycles. The summed E-state index contributed by atoms with van der Waals surface area (Å²) in [6.45, 7) is 11.1. The van der Waals surface area contributed by atoms with Gasteiger partial charge in [0.15, 0.2) is 0 Å². The van der Waals surface area contributed by atoms with Crippen molar-refractivity contribution in [1.29, 1.82) is 0 Å². The molecular weight excluding hydrogens is 755 g/mol. The average molecular weight is 806 g/mol. The molecule has 1 atom stereocenters. The van der Waals surface area contributed by atoms with E-state index in [-0.39, 0.29) is 34.6 Å². The zero-order chi connectivity index (χ0) is 36.0. The molecule has 288 valence electrons. The van der Waals surface area contributed by atoms with Crippen LogP contribution in [0.5, 0.6) is 0 Å². The van der Waals surface area contributed by atoms with Gasteiger partial charge in [-0.25, -0.2) is 16.8 Å². The zero-order valence-electron chi connectivity index (χ0n) is 29.8. The lowest BCUT2D eigenvalue weighted by Crippen LogP contribution is -2.50. The second-order valence-electron chi connectivity index (χ2n) is 13.1. The fourth-order valence-electron chi connectivity index (χ4n) is 6.93. The van der Waals surface area contributed by atoms with Gasteiger partial charge in [0, 0.05) is 63.2 Å². The smallest absolute Gasteiger partial charge is 0.261 e. The van der Waals surface area contributed by atoms with Gasteiger partial charge >= 0.3 is 0 Å². The summed E-state index contributed by atoms with van der Waals surface area (Å²) < 4.78 is 55.4. The van der Waals surface area contributed by atoms with Gasteiger partial charge in [0.05, 0.1) is 32.5 Å². The Kier molecular flexibility index (Phi) is 14.5. The van der Waals surface area contributed by atoms with Gasteiger partial charge in [0.2, 0.25) is 0 Å². The minimum atomic E-state index is -3.65. The van der Waals surface area contributed by atoms with Gasteiger partial charge in [-0.15, -0.1) is 24.8 Å². The number of nitrogen functional groups attached to an aromatic ring is 2. The van der Waals surface area contributed by atoms with Crippen molar-refractivity contribution in [2.45, 2.75) is 35.6 Å². The Labute approximate surface area is 326 Å². The summed E-state index contributed by atoms with van der Waals surface area (Å²) in [6.07, 6.45) is 2.49. The molecule has 3 heterocycles. The van der Waals surface area contributed by atoms with Crippen molar-refractivity contribution in [3.8, 4) is 0 Å². The van der Waals surface area contributed by atoms with Gasteiger partial charge in [-0.05, 0) is 86.6 Å². The monoisotopic (exact) mass is 804 g/mol. The topological polar surface area (TPSA) is 157 Å². The predicted octanol–water partition coefficient (Wildman–Crippen LogP) is 5.41. The fraction of sp³-hybridized carbons (Fsp3) is 0.351. The van der Waals surface area contributed by atoms with Crippen LogP contribution < -0.4 is 30.7 Å². The van der Waals surface area contributed by atoms with E-state index in [1.807, 2.05) is 18.2 Å². The molecule has 6 N–H and O–H groups in total. The highest BCUT2D eigenvalue weighted by Crippen LogP contribution is 2.32. The number of likely N-dealkylation sites (N-methyl/N-ethyl adjacent to an activating group) is 1. The quantitative estimate of drug-likeness (QED) is 0.161. The van der Waals surface area contributed by atoms with Crippen molar-refractivity contribution in [3.05, 3.63) is 97.1 Å². The molecule has 0 saturated carbocycles. The minimum absolute atomic E-state index is 0. The van der Waals surface area contributed by atoms with Gasteiger partial charge in [0.1, 0.15) is 0 Å². The van der Waals surface area contributed by atoms with Gasteiger partial charge in [-0.1, -0.05) is 43.3 Å². The third-order valence-electron chi connectivity index (χ3n) is 9.76. The number of para-hydroxylation sites is 2. The first-order valence-corrected chi connectivity index (χ1v) is 20.4. The Morgan fingerprint density at radius 3 is 1.57 bits per heavy atom. The number of piperazine rings is 2. The molecule has 3 fully saturated rings. The number of nitrogens with two attached hydrogens (primary N) is 2. The molecule has 0 radical (unpaired) electrons. The molecule has 4 aromatic rings. The molecule has 7 rings (SSSR count). The van der Waals surface area contributed by atoms with Gasteiger partial charge in [-0.3, -0.25) is 14.3 Å². The second kappa shape index (κ2) is 18.4. The number of nitrogens with zero attached hydrogens (tertiary/aromatic N) is 4. The van der Waals surface area contributed by atoms with Crippen LogP contribution in [0.3, 0.4) is 0 Å². The summed E-state index contributed by atoms with van der Waals surface area (Å²) in [4.78, 5) is 9.77. The van der Waals surface area contributed by atoms with Crippen LogP contribution in [0, 0.1) is 0 Å². The first-order chi connectivity index (χ1) is 24.5. The van der Waals surface area contributed by atoms with Crippen molar-refractivity contribution < 1.29 is 16.8 Å². The van der Waals surface area contributed by atoms with Gasteiger partial charge in [-0.2, -0.15) is 0 Å². The number of halogens is 2. The normalized spacial score (nSPS) is 17.7. The molecule has 0 bridgehead atoms. The van der Waals surface area contributed by atoms with Crippen LogP contribution in [0.2, 0.25) is 0 Å². The maximum Gasteiger partial charge on any atom is 0.261 e. The first-order valence-electron chi connectivity index (χ1n) is 17.4. The maximum absolute atomic E-state index is 12.6. The standard InChI is InChI=1S/C19H24N4O2S.C18H24N4O2S.2ClH/c20-18-13-17(26(24,25)21-15-5-2-1-3-6-15)8-9-19(18)23-12-11-22-10-4-7-16(22)14-23;1-2-21-10-12-22(13-11-21)18-9-8-16(14-17(18)19)25(23,24)20-15-6-4-3-5-7-15;;/h1-3,5-6,8-9,13,16,21H,4,7,10-12,14,20H2;3-9,14,20H,2,10-13,19H2,1H3;2*1H. The number of hydrogen-bond donors (Lipinski definition) is 4. The Morgan fingerprint density at radius 2 is 1.09 bits per heavy atom. The van der Waals surface area contributed by atoms with Crippen molar-refractivity contribution >= 4 is 79.0 Å². The summed E-state index contributed by atoms with van der Waals surface area (Å²) in [7, 11) is -7.31. The van der Waals surface area contributed by atoms with E-state index >= 15 is 0 Å². The van der Waals surface area contributed by atoms with E-state index in [0.29, 0.717) is 28.8 Å². The molecule has 12 nitrogen and oxygen atoms in total. The maximum atomic E-state index is 12.6. The first kappa shape index (κ1) is 41.8. The molecular formula is C37H50Cl2N8O4S2. The molecule has 3 aliphatic rings.